The first kappa shape index (κ1) is 12.6. The van der Waals surface area contributed by atoms with E-state index < -0.39 is 0 Å². The zero-order valence-corrected chi connectivity index (χ0v) is 11.2. The Labute approximate surface area is 110 Å². The van der Waals surface area contributed by atoms with E-state index in [0.717, 1.165) is 17.1 Å². The predicted molar refractivity (Wildman–Crippen MR) is 75.1 cm³/mol. The van der Waals surface area contributed by atoms with Gasteiger partial charge >= 0.3 is 0 Å². The second-order valence-corrected chi connectivity index (χ2v) is 5.17. The number of anilines is 2. The molecular weight excluding hydrogens is 246 g/mol. The standard InChI is InChI=1S/C13H15N3OS/c1-9(17)13-11(14)6-12(18-13)16(2)8-10-4-3-5-15-7-10/h3-7H,8,14H2,1-2H3. The van der Waals surface area contributed by atoms with E-state index in [-0.39, 0.29) is 5.78 Å². The van der Waals surface area contributed by atoms with E-state index in [4.69, 9.17) is 5.73 Å². The van der Waals surface area contributed by atoms with Gasteiger partial charge in [0.2, 0.25) is 0 Å². The molecule has 4 nitrogen and oxygen atoms in total. The van der Waals surface area contributed by atoms with E-state index in [1.807, 2.05) is 31.4 Å². The molecule has 2 rings (SSSR count). The topological polar surface area (TPSA) is 59.2 Å². The number of ketones is 1. The van der Waals surface area contributed by atoms with Gasteiger partial charge in [0.15, 0.2) is 5.78 Å². The number of nitrogen functional groups attached to an aromatic ring is 1. The minimum atomic E-state index is 0.0125. The quantitative estimate of drug-likeness (QED) is 0.859. The molecule has 2 heterocycles. The normalized spacial score (nSPS) is 10.3. The lowest BCUT2D eigenvalue weighted by atomic mass is 10.2. The Bertz CT molecular complexity index is 551. The van der Waals surface area contributed by atoms with Crippen molar-refractivity contribution in [3.8, 4) is 0 Å². The summed E-state index contributed by atoms with van der Waals surface area (Å²) >= 11 is 1.43. The van der Waals surface area contributed by atoms with Crippen molar-refractivity contribution in [3.05, 3.63) is 41.0 Å². The molecule has 5 heteroatoms. The summed E-state index contributed by atoms with van der Waals surface area (Å²) in [5.74, 6) is 0.0125. The lowest BCUT2D eigenvalue weighted by molar-refractivity contribution is 0.102. The molecule has 94 valence electrons. The molecular formula is C13H15N3OS. The third-order valence-electron chi connectivity index (χ3n) is 2.59. The minimum absolute atomic E-state index is 0.0125. The van der Waals surface area contributed by atoms with Crippen LogP contribution in [0.15, 0.2) is 30.6 Å². The lowest BCUT2D eigenvalue weighted by Crippen LogP contribution is -2.14. The van der Waals surface area contributed by atoms with Crippen LogP contribution in [0.2, 0.25) is 0 Å². The fourth-order valence-corrected chi connectivity index (χ4v) is 2.63. The summed E-state index contributed by atoms with van der Waals surface area (Å²) in [7, 11) is 1.97. The molecule has 0 radical (unpaired) electrons. The highest BCUT2D eigenvalue weighted by molar-refractivity contribution is 7.18. The number of carbonyl (C=O) groups excluding carboxylic acids is 1. The fraction of sp³-hybridized carbons (Fsp3) is 0.231. The molecule has 0 spiro atoms. The van der Waals surface area contributed by atoms with Gasteiger partial charge in [-0.3, -0.25) is 9.78 Å². The highest BCUT2D eigenvalue weighted by Gasteiger charge is 2.13. The summed E-state index contributed by atoms with van der Waals surface area (Å²) < 4.78 is 0. The summed E-state index contributed by atoms with van der Waals surface area (Å²) in [5, 5.41) is 0.988. The van der Waals surface area contributed by atoms with Gasteiger partial charge in [-0.2, -0.15) is 0 Å². The van der Waals surface area contributed by atoms with Gasteiger partial charge in [0.1, 0.15) is 0 Å². The van der Waals surface area contributed by atoms with Gasteiger partial charge in [0, 0.05) is 32.9 Å². The molecule has 0 aliphatic carbocycles. The van der Waals surface area contributed by atoms with Gasteiger partial charge in [0.05, 0.1) is 15.6 Å². The molecule has 2 aromatic heterocycles. The molecule has 18 heavy (non-hydrogen) atoms. The van der Waals surface area contributed by atoms with Crippen LogP contribution in [0.3, 0.4) is 0 Å². The molecule has 0 saturated carbocycles. The molecule has 0 fully saturated rings. The van der Waals surface area contributed by atoms with E-state index in [0.29, 0.717) is 10.6 Å². The maximum Gasteiger partial charge on any atom is 0.171 e. The van der Waals surface area contributed by atoms with Crippen molar-refractivity contribution in [2.75, 3.05) is 17.7 Å². The molecule has 0 atom stereocenters. The Kier molecular flexibility index (Phi) is 3.62. The molecule has 2 aromatic rings. The number of thiophene rings is 1. The number of aromatic nitrogens is 1. The molecule has 0 bridgehead atoms. The van der Waals surface area contributed by atoms with Gasteiger partial charge in [-0.05, 0) is 17.7 Å². The van der Waals surface area contributed by atoms with Gasteiger partial charge in [-0.1, -0.05) is 6.07 Å². The highest BCUT2D eigenvalue weighted by atomic mass is 32.1. The van der Waals surface area contributed by atoms with Crippen molar-refractivity contribution in [1.82, 2.24) is 4.98 Å². The number of hydrogen-bond donors (Lipinski definition) is 1. The van der Waals surface area contributed by atoms with E-state index in [1.54, 1.807) is 6.20 Å². The molecule has 0 unspecified atom stereocenters. The van der Waals surface area contributed by atoms with Crippen LogP contribution in [0.4, 0.5) is 10.7 Å². The second kappa shape index (κ2) is 5.18. The zero-order valence-electron chi connectivity index (χ0n) is 10.4. The maximum absolute atomic E-state index is 11.4. The van der Waals surface area contributed by atoms with Crippen molar-refractivity contribution in [1.29, 1.82) is 0 Å². The Morgan fingerprint density at radius 2 is 2.33 bits per heavy atom. The second-order valence-electron chi connectivity index (χ2n) is 4.14. The Hall–Kier alpha value is -1.88. The number of nitrogens with two attached hydrogens (primary N) is 1. The van der Waals surface area contributed by atoms with Crippen molar-refractivity contribution >= 4 is 27.8 Å². The van der Waals surface area contributed by atoms with Crippen molar-refractivity contribution < 1.29 is 4.79 Å². The summed E-state index contributed by atoms with van der Waals surface area (Å²) in [6.07, 6.45) is 3.58. The van der Waals surface area contributed by atoms with Crippen LogP contribution >= 0.6 is 11.3 Å². The number of hydrogen-bond acceptors (Lipinski definition) is 5. The molecule has 0 saturated heterocycles. The lowest BCUT2D eigenvalue weighted by Gasteiger charge is -2.16. The summed E-state index contributed by atoms with van der Waals surface area (Å²) in [6.45, 7) is 2.28. The number of nitrogens with zero attached hydrogens (tertiary/aromatic N) is 2. The van der Waals surface area contributed by atoms with Gasteiger partial charge in [-0.25, -0.2) is 0 Å². The predicted octanol–water partition coefficient (Wildman–Crippen LogP) is 2.56. The van der Waals surface area contributed by atoms with E-state index in [9.17, 15) is 4.79 Å². The van der Waals surface area contributed by atoms with Crippen LogP contribution in [0.1, 0.15) is 22.2 Å². The van der Waals surface area contributed by atoms with Crippen LogP contribution < -0.4 is 10.6 Å². The minimum Gasteiger partial charge on any atom is -0.397 e. The Balaban J connectivity index is 2.17. The largest absolute Gasteiger partial charge is 0.397 e. The van der Waals surface area contributed by atoms with Crippen LogP contribution in [-0.2, 0) is 6.54 Å². The number of rotatable bonds is 4. The number of pyridine rings is 1. The average Bonchev–Trinajstić information content (AvgIpc) is 2.73. The SMILES string of the molecule is CC(=O)c1sc(N(C)Cc2cccnc2)cc1N. The first-order valence-corrected chi connectivity index (χ1v) is 6.40. The molecule has 0 aliphatic rings. The monoisotopic (exact) mass is 261 g/mol. The van der Waals surface area contributed by atoms with E-state index >= 15 is 0 Å². The summed E-state index contributed by atoms with van der Waals surface area (Å²) in [4.78, 5) is 18.1. The van der Waals surface area contributed by atoms with Crippen molar-refractivity contribution in [3.63, 3.8) is 0 Å². The molecule has 0 amide bonds. The van der Waals surface area contributed by atoms with Crippen molar-refractivity contribution in [2.24, 2.45) is 0 Å². The maximum atomic E-state index is 11.4. The Morgan fingerprint density at radius 1 is 1.56 bits per heavy atom. The molecule has 2 N–H and O–H groups in total. The Morgan fingerprint density at radius 3 is 2.89 bits per heavy atom. The summed E-state index contributed by atoms with van der Waals surface area (Å²) in [6, 6.07) is 5.77. The van der Waals surface area contributed by atoms with Crippen LogP contribution in [0.5, 0.6) is 0 Å². The third-order valence-corrected chi connectivity index (χ3v) is 3.95. The van der Waals surface area contributed by atoms with Crippen LogP contribution in [0.25, 0.3) is 0 Å². The van der Waals surface area contributed by atoms with Crippen LogP contribution in [-0.4, -0.2) is 17.8 Å². The third kappa shape index (κ3) is 2.68. The van der Waals surface area contributed by atoms with Gasteiger partial charge in [0.25, 0.3) is 0 Å². The zero-order chi connectivity index (χ0) is 13.1. The first-order chi connectivity index (χ1) is 8.58. The average molecular weight is 261 g/mol. The fourth-order valence-electron chi connectivity index (χ4n) is 1.70. The van der Waals surface area contributed by atoms with E-state index in [2.05, 4.69) is 9.88 Å². The van der Waals surface area contributed by atoms with Gasteiger partial charge in [-0.15, -0.1) is 11.3 Å². The highest BCUT2D eigenvalue weighted by Crippen LogP contribution is 2.32. The molecule has 0 aromatic carbocycles. The smallest absolute Gasteiger partial charge is 0.171 e. The first-order valence-electron chi connectivity index (χ1n) is 5.58. The van der Waals surface area contributed by atoms with E-state index in [1.165, 1.54) is 18.3 Å². The molecule has 0 aliphatic heterocycles. The number of carbonyl (C=O) groups is 1. The van der Waals surface area contributed by atoms with Crippen LogP contribution in [0, 0.1) is 0 Å². The summed E-state index contributed by atoms with van der Waals surface area (Å²) in [5.41, 5.74) is 7.50. The number of Topliss-reactive ketones (excluding diaryl/α,β-unsaturated/α-hetero) is 1. The van der Waals surface area contributed by atoms with Gasteiger partial charge < -0.3 is 10.6 Å². The van der Waals surface area contributed by atoms with Crippen molar-refractivity contribution in [2.45, 2.75) is 13.5 Å².